The van der Waals surface area contributed by atoms with E-state index in [1.165, 1.54) is 25.1 Å². The Balaban J connectivity index is 2.50. The van der Waals surface area contributed by atoms with Gasteiger partial charge in [0.1, 0.15) is 5.75 Å². The lowest BCUT2D eigenvalue weighted by atomic mass is 10.0. The zero-order valence-corrected chi connectivity index (χ0v) is 13.0. The van der Waals surface area contributed by atoms with E-state index in [1.807, 2.05) is 13.8 Å². The van der Waals surface area contributed by atoms with E-state index in [9.17, 15) is 18.0 Å². The van der Waals surface area contributed by atoms with E-state index in [0.29, 0.717) is 16.8 Å². The predicted octanol–water partition coefficient (Wildman–Crippen LogP) is 4.27. The molecule has 0 saturated heterocycles. The molecule has 7 heteroatoms. The number of aromatic nitrogens is 2. The number of benzene rings is 1. The van der Waals surface area contributed by atoms with Gasteiger partial charge in [-0.25, -0.2) is 0 Å². The first kappa shape index (κ1) is 17.1. The fourth-order valence-electron chi connectivity index (χ4n) is 2.17. The Labute approximate surface area is 131 Å². The van der Waals surface area contributed by atoms with Gasteiger partial charge in [-0.05, 0) is 45.0 Å². The summed E-state index contributed by atoms with van der Waals surface area (Å²) in [5, 5.41) is 4.17. The van der Waals surface area contributed by atoms with E-state index in [1.54, 1.807) is 16.9 Å². The molecule has 0 aliphatic carbocycles. The van der Waals surface area contributed by atoms with E-state index in [0.717, 1.165) is 0 Å². The van der Waals surface area contributed by atoms with Crippen molar-refractivity contribution in [3.63, 3.8) is 0 Å². The van der Waals surface area contributed by atoms with Crippen molar-refractivity contribution < 1.29 is 22.7 Å². The standard InChI is InChI=1S/C16H17F3N2O2/c1-10(2)21-14(6-7-20-21)13-8-12(11(3)22)4-5-15(13)23-9-16(17,18)19/h4-8,10H,9H2,1-3H3. The molecule has 0 aliphatic heterocycles. The maximum absolute atomic E-state index is 12.4. The number of alkyl halides is 3. The fraction of sp³-hybridized carbons (Fsp3) is 0.375. The van der Waals surface area contributed by atoms with Crippen LogP contribution in [-0.2, 0) is 0 Å². The van der Waals surface area contributed by atoms with Crippen LogP contribution in [-0.4, -0.2) is 28.3 Å². The minimum absolute atomic E-state index is 0.0106. The number of hydrogen-bond donors (Lipinski definition) is 0. The van der Waals surface area contributed by atoms with E-state index < -0.39 is 12.8 Å². The molecule has 0 spiro atoms. The first-order chi connectivity index (χ1) is 10.7. The van der Waals surface area contributed by atoms with Crippen LogP contribution < -0.4 is 4.74 Å². The van der Waals surface area contributed by atoms with E-state index in [-0.39, 0.29) is 17.6 Å². The van der Waals surface area contributed by atoms with Crippen LogP contribution in [0.1, 0.15) is 37.2 Å². The molecular weight excluding hydrogens is 309 g/mol. The number of halogens is 3. The largest absolute Gasteiger partial charge is 0.483 e. The number of hydrogen-bond acceptors (Lipinski definition) is 3. The summed E-state index contributed by atoms with van der Waals surface area (Å²) in [6.07, 6.45) is -2.88. The second-order valence-corrected chi connectivity index (χ2v) is 5.43. The molecule has 1 aromatic carbocycles. The smallest absolute Gasteiger partial charge is 0.422 e. The highest BCUT2D eigenvalue weighted by molar-refractivity contribution is 5.95. The Morgan fingerprint density at radius 2 is 2.00 bits per heavy atom. The third-order valence-corrected chi connectivity index (χ3v) is 3.21. The van der Waals surface area contributed by atoms with Gasteiger partial charge < -0.3 is 4.74 Å². The number of carbonyl (C=O) groups excluding carboxylic acids is 1. The summed E-state index contributed by atoms with van der Waals surface area (Å²) < 4.78 is 43.9. The van der Waals surface area contributed by atoms with Gasteiger partial charge in [-0.3, -0.25) is 9.48 Å². The molecule has 0 atom stereocenters. The summed E-state index contributed by atoms with van der Waals surface area (Å²) in [5.74, 6) is -0.112. The lowest BCUT2D eigenvalue weighted by Crippen LogP contribution is -2.19. The molecule has 0 aliphatic rings. The second-order valence-electron chi connectivity index (χ2n) is 5.43. The Morgan fingerprint density at radius 3 is 2.57 bits per heavy atom. The summed E-state index contributed by atoms with van der Waals surface area (Å²) in [5.41, 5.74) is 1.41. The summed E-state index contributed by atoms with van der Waals surface area (Å²) in [4.78, 5) is 11.6. The minimum Gasteiger partial charge on any atom is -0.483 e. The van der Waals surface area contributed by atoms with Gasteiger partial charge in [-0.2, -0.15) is 18.3 Å². The molecule has 0 radical (unpaired) electrons. The zero-order valence-electron chi connectivity index (χ0n) is 13.0. The predicted molar refractivity (Wildman–Crippen MR) is 79.6 cm³/mol. The van der Waals surface area contributed by atoms with Crippen LogP contribution in [0.3, 0.4) is 0 Å². The SMILES string of the molecule is CC(=O)c1ccc(OCC(F)(F)F)c(-c2ccnn2C(C)C)c1. The van der Waals surface area contributed by atoms with Gasteiger partial charge in [0.2, 0.25) is 0 Å². The molecule has 23 heavy (non-hydrogen) atoms. The van der Waals surface area contributed by atoms with E-state index in [2.05, 4.69) is 5.10 Å². The maximum Gasteiger partial charge on any atom is 0.422 e. The monoisotopic (exact) mass is 326 g/mol. The molecule has 2 aromatic rings. The second kappa shape index (κ2) is 6.44. The molecule has 0 bridgehead atoms. The molecule has 0 N–H and O–H groups in total. The highest BCUT2D eigenvalue weighted by Crippen LogP contribution is 2.33. The van der Waals surface area contributed by atoms with Crippen LogP contribution in [0.15, 0.2) is 30.5 Å². The van der Waals surface area contributed by atoms with E-state index >= 15 is 0 Å². The minimum atomic E-state index is -4.44. The third-order valence-electron chi connectivity index (χ3n) is 3.21. The van der Waals surface area contributed by atoms with Crippen molar-refractivity contribution in [3.8, 4) is 17.0 Å². The van der Waals surface area contributed by atoms with Crippen molar-refractivity contribution in [1.29, 1.82) is 0 Å². The Kier molecular flexibility index (Phi) is 4.77. The Morgan fingerprint density at radius 1 is 1.30 bits per heavy atom. The fourth-order valence-corrected chi connectivity index (χ4v) is 2.17. The summed E-state index contributed by atoms with van der Waals surface area (Å²) in [7, 11) is 0. The number of ketones is 1. The average Bonchev–Trinajstić information content (AvgIpc) is 2.93. The molecular formula is C16H17F3N2O2. The molecule has 2 rings (SSSR count). The first-order valence-corrected chi connectivity index (χ1v) is 7.07. The van der Waals surface area contributed by atoms with Crippen molar-refractivity contribution >= 4 is 5.78 Å². The quantitative estimate of drug-likeness (QED) is 0.771. The molecule has 124 valence electrons. The summed E-state index contributed by atoms with van der Waals surface area (Å²) in [6, 6.07) is 6.06. The molecule has 0 fully saturated rings. The molecule has 1 aromatic heterocycles. The summed E-state index contributed by atoms with van der Waals surface area (Å²) in [6.45, 7) is 3.81. The molecule has 0 unspecified atom stereocenters. The van der Waals surface area contributed by atoms with Crippen molar-refractivity contribution in [1.82, 2.24) is 9.78 Å². The van der Waals surface area contributed by atoms with Gasteiger partial charge in [-0.15, -0.1) is 0 Å². The first-order valence-electron chi connectivity index (χ1n) is 7.07. The number of nitrogens with zero attached hydrogens (tertiary/aromatic N) is 2. The van der Waals surface area contributed by atoms with E-state index in [4.69, 9.17) is 4.74 Å². The Bertz CT molecular complexity index is 706. The van der Waals surface area contributed by atoms with Crippen LogP contribution in [0.4, 0.5) is 13.2 Å². The highest BCUT2D eigenvalue weighted by Gasteiger charge is 2.29. The number of ether oxygens (including phenoxy) is 1. The lowest BCUT2D eigenvalue weighted by Gasteiger charge is -2.16. The van der Waals surface area contributed by atoms with Gasteiger partial charge in [0.05, 0.1) is 5.69 Å². The number of rotatable bonds is 5. The highest BCUT2D eigenvalue weighted by atomic mass is 19.4. The summed E-state index contributed by atoms with van der Waals surface area (Å²) >= 11 is 0. The van der Waals surface area contributed by atoms with Crippen molar-refractivity contribution in [2.45, 2.75) is 33.0 Å². The third kappa shape index (κ3) is 4.12. The van der Waals surface area contributed by atoms with Crippen molar-refractivity contribution in [2.75, 3.05) is 6.61 Å². The van der Waals surface area contributed by atoms with Crippen molar-refractivity contribution in [3.05, 3.63) is 36.0 Å². The Hall–Kier alpha value is -2.31. The average molecular weight is 326 g/mol. The molecule has 0 saturated carbocycles. The van der Waals surface area contributed by atoms with Crippen LogP contribution in [0, 0.1) is 0 Å². The topological polar surface area (TPSA) is 44.1 Å². The number of Topliss-reactive ketones (excluding diaryl/α,β-unsaturated/α-hetero) is 1. The van der Waals surface area contributed by atoms with Crippen LogP contribution in [0.2, 0.25) is 0 Å². The molecule has 0 amide bonds. The van der Waals surface area contributed by atoms with Crippen molar-refractivity contribution in [2.24, 2.45) is 0 Å². The molecule has 1 heterocycles. The number of carbonyl (C=O) groups is 1. The van der Waals surface area contributed by atoms with Gasteiger partial charge in [-0.1, -0.05) is 0 Å². The van der Waals surface area contributed by atoms with Gasteiger partial charge in [0, 0.05) is 23.4 Å². The maximum atomic E-state index is 12.4. The lowest BCUT2D eigenvalue weighted by molar-refractivity contribution is -0.153. The van der Waals surface area contributed by atoms with Crippen LogP contribution in [0.5, 0.6) is 5.75 Å². The van der Waals surface area contributed by atoms with Gasteiger partial charge >= 0.3 is 6.18 Å². The normalized spacial score (nSPS) is 11.8. The van der Waals surface area contributed by atoms with Gasteiger partial charge in [0.15, 0.2) is 12.4 Å². The van der Waals surface area contributed by atoms with Gasteiger partial charge in [0.25, 0.3) is 0 Å². The van der Waals surface area contributed by atoms with Crippen LogP contribution >= 0.6 is 0 Å². The molecule has 4 nitrogen and oxygen atoms in total. The zero-order chi connectivity index (χ0) is 17.2. The van der Waals surface area contributed by atoms with Crippen LogP contribution in [0.25, 0.3) is 11.3 Å².